The predicted molar refractivity (Wildman–Crippen MR) is 224 cm³/mol. The molecule has 1 atom stereocenters. The summed E-state index contributed by atoms with van der Waals surface area (Å²) in [5, 5.41) is 3.75. The van der Waals surface area contributed by atoms with Gasteiger partial charge in [-0.05, 0) is 80.1 Å². The minimum atomic E-state index is -0.594. The van der Waals surface area contributed by atoms with Gasteiger partial charge >= 0.3 is 0 Å². The van der Waals surface area contributed by atoms with Crippen LogP contribution in [0.1, 0.15) is 53.6 Å². The van der Waals surface area contributed by atoms with Crippen LogP contribution in [0.15, 0.2) is 53.6 Å². The number of pyridine rings is 2. The number of imide groups is 1. The summed E-state index contributed by atoms with van der Waals surface area (Å²) in [5.74, 6) is 2.18. The van der Waals surface area contributed by atoms with Crippen molar-refractivity contribution in [3.8, 4) is 22.6 Å². The molecule has 4 aliphatic rings. The summed E-state index contributed by atoms with van der Waals surface area (Å²) in [7, 11) is 9.02. The van der Waals surface area contributed by atoms with Crippen LogP contribution in [0.25, 0.3) is 21.9 Å². The zero-order chi connectivity index (χ0) is 40.7. The van der Waals surface area contributed by atoms with Crippen molar-refractivity contribution in [1.29, 1.82) is 0 Å². The van der Waals surface area contributed by atoms with Gasteiger partial charge in [0.1, 0.15) is 23.4 Å². The molecular formula is C44H54N8O6. The minimum absolute atomic E-state index is 0.0984. The van der Waals surface area contributed by atoms with Crippen LogP contribution >= 0.6 is 0 Å². The van der Waals surface area contributed by atoms with Crippen molar-refractivity contribution < 1.29 is 23.9 Å². The number of hydrogen-bond acceptors (Lipinski definition) is 11. The molecule has 0 bridgehead atoms. The lowest BCUT2D eigenvalue weighted by Gasteiger charge is -2.37. The molecule has 306 valence electrons. The number of nitrogens with zero attached hydrogens (tertiary/aromatic N) is 7. The number of carbonyl (C=O) groups is 3. The smallest absolute Gasteiger partial charge is 0.259 e. The number of carbonyl (C=O) groups excluding carboxylic acids is 3. The van der Waals surface area contributed by atoms with Gasteiger partial charge in [0.15, 0.2) is 0 Å². The third-order valence-corrected chi connectivity index (χ3v) is 12.6. The lowest BCUT2D eigenvalue weighted by molar-refractivity contribution is -0.136. The molecule has 6 heterocycles. The Bertz CT molecular complexity index is 2290. The Hall–Kier alpha value is -5.47. The van der Waals surface area contributed by atoms with E-state index in [2.05, 4.69) is 37.1 Å². The van der Waals surface area contributed by atoms with E-state index in [0.717, 1.165) is 116 Å². The molecular weight excluding hydrogens is 737 g/mol. The highest BCUT2D eigenvalue weighted by atomic mass is 16.5. The Balaban J connectivity index is 0.840. The molecule has 14 heteroatoms. The Morgan fingerprint density at radius 3 is 2.28 bits per heavy atom. The first-order valence-electron chi connectivity index (χ1n) is 20.4. The third kappa shape index (κ3) is 7.74. The fraction of sp³-hybridized carbons (Fsp3) is 0.477. The zero-order valence-electron chi connectivity index (χ0n) is 34.3. The summed E-state index contributed by atoms with van der Waals surface area (Å²) >= 11 is 0. The van der Waals surface area contributed by atoms with E-state index in [9.17, 15) is 19.2 Å². The summed E-state index contributed by atoms with van der Waals surface area (Å²) in [6.07, 6.45) is 7.61. The van der Waals surface area contributed by atoms with Crippen LogP contribution < -0.4 is 30.1 Å². The lowest BCUT2D eigenvalue weighted by Crippen LogP contribution is -2.52. The fourth-order valence-electron chi connectivity index (χ4n) is 9.12. The summed E-state index contributed by atoms with van der Waals surface area (Å²) in [6, 6.07) is 11.5. The summed E-state index contributed by atoms with van der Waals surface area (Å²) in [4.78, 5) is 65.9. The van der Waals surface area contributed by atoms with E-state index >= 15 is 0 Å². The molecule has 0 radical (unpaired) electrons. The Kier molecular flexibility index (Phi) is 11.1. The maximum absolute atomic E-state index is 13.2. The van der Waals surface area contributed by atoms with Crippen molar-refractivity contribution in [3.05, 3.63) is 75.8 Å². The average Bonchev–Trinajstić information content (AvgIpc) is 3.56. The van der Waals surface area contributed by atoms with E-state index in [0.29, 0.717) is 29.8 Å². The van der Waals surface area contributed by atoms with E-state index < -0.39 is 6.04 Å². The number of aromatic nitrogens is 2. The summed E-state index contributed by atoms with van der Waals surface area (Å²) < 4.78 is 13.6. The summed E-state index contributed by atoms with van der Waals surface area (Å²) in [5.41, 5.74) is 5.45. The van der Waals surface area contributed by atoms with Crippen LogP contribution in [-0.4, -0.2) is 122 Å². The molecule has 4 aliphatic heterocycles. The molecule has 0 aliphatic carbocycles. The van der Waals surface area contributed by atoms with Crippen molar-refractivity contribution in [2.24, 2.45) is 13.0 Å². The number of ether oxygens (including phenoxy) is 2. The Morgan fingerprint density at radius 1 is 0.828 bits per heavy atom. The highest BCUT2D eigenvalue weighted by molar-refractivity contribution is 6.05. The molecule has 1 N–H and O–H groups in total. The average molecular weight is 791 g/mol. The number of piperidine rings is 2. The number of hydrogen-bond donors (Lipinski definition) is 1. The number of piperazine rings is 1. The van der Waals surface area contributed by atoms with E-state index in [4.69, 9.17) is 9.47 Å². The van der Waals surface area contributed by atoms with Gasteiger partial charge in [-0.1, -0.05) is 0 Å². The van der Waals surface area contributed by atoms with E-state index in [1.807, 2.05) is 49.5 Å². The third-order valence-electron chi connectivity index (χ3n) is 12.6. The second kappa shape index (κ2) is 16.4. The number of aryl methyl sites for hydroxylation is 1. The molecule has 58 heavy (non-hydrogen) atoms. The van der Waals surface area contributed by atoms with Crippen molar-refractivity contribution >= 4 is 40.0 Å². The number of anilines is 2. The van der Waals surface area contributed by atoms with Gasteiger partial charge in [0, 0.05) is 126 Å². The fourth-order valence-corrected chi connectivity index (χ4v) is 9.12. The molecule has 3 saturated heterocycles. The molecule has 3 fully saturated rings. The number of fused-ring (bicyclic) bond motifs is 2. The number of benzene rings is 2. The van der Waals surface area contributed by atoms with Gasteiger partial charge in [-0.3, -0.25) is 29.4 Å². The van der Waals surface area contributed by atoms with Gasteiger partial charge in [-0.2, -0.15) is 0 Å². The van der Waals surface area contributed by atoms with Gasteiger partial charge in [0.05, 0.1) is 19.6 Å². The van der Waals surface area contributed by atoms with Crippen LogP contribution in [0.4, 0.5) is 11.5 Å². The first-order chi connectivity index (χ1) is 28.0. The van der Waals surface area contributed by atoms with Gasteiger partial charge < -0.3 is 33.6 Å². The molecule has 2 aromatic carbocycles. The quantitative estimate of drug-likeness (QED) is 0.222. The van der Waals surface area contributed by atoms with Gasteiger partial charge in [-0.25, -0.2) is 4.98 Å². The van der Waals surface area contributed by atoms with Crippen molar-refractivity contribution in [2.45, 2.75) is 51.2 Å². The van der Waals surface area contributed by atoms with Crippen molar-refractivity contribution in [3.63, 3.8) is 0 Å². The molecule has 0 saturated carbocycles. The highest BCUT2D eigenvalue weighted by Crippen LogP contribution is 2.40. The molecule has 1 unspecified atom stereocenters. The van der Waals surface area contributed by atoms with Crippen molar-refractivity contribution in [1.82, 2.24) is 29.6 Å². The molecule has 8 rings (SSSR count). The SMILES string of the molecule is COc1cc(-c2cn(C)c(=O)c3cnc(N(C)C)cc23)c(OC)cc1CN1CCN(CCC2CCN(c3ccc4c(c3)CN(C3CCC(=O)NC3=O)C4=O)CC2)CC1. The predicted octanol–water partition coefficient (Wildman–Crippen LogP) is 3.87. The van der Waals surface area contributed by atoms with E-state index in [-0.39, 0.29) is 29.7 Å². The standard InChI is InChI=1S/C44H54N8O6/c1-47(2)40-23-33-35(24-45-40)43(55)48(3)27-36(33)34-22-38(57-4)30(21-39(34)58-5)25-50-18-16-49(17-19-50)13-10-28-11-14-51(15-12-28)31-6-7-32-29(20-31)26-52(44(32)56)37-8-9-41(53)46-42(37)54/h6-7,20-24,27-28,37H,8-19,25-26H2,1-5H3,(H,46,53,54). The lowest BCUT2D eigenvalue weighted by atomic mass is 9.92. The number of methoxy groups -OCH3 is 2. The maximum atomic E-state index is 13.2. The monoisotopic (exact) mass is 790 g/mol. The van der Waals surface area contributed by atoms with E-state index in [1.54, 1.807) is 36.9 Å². The number of amides is 3. The summed E-state index contributed by atoms with van der Waals surface area (Å²) in [6.45, 7) is 8.20. The second-order valence-electron chi connectivity index (χ2n) is 16.4. The highest BCUT2D eigenvalue weighted by Gasteiger charge is 2.39. The second-order valence-corrected chi connectivity index (χ2v) is 16.4. The van der Waals surface area contributed by atoms with Crippen LogP contribution in [0.5, 0.6) is 11.5 Å². The zero-order valence-corrected chi connectivity index (χ0v) is 34.3. The Labute approximate surface area is 339 Å². The first kappa shape index (κ1) is 39.4. The topological polar surface area (TPSA) is 133 Å². The largest absolute Gasteiger partial charge is 0.496 e. The first-order valence-corrected chi connectivity index (χ1v) is 20.4. The van der Waals surface area contributed by atoms with Gasteiger partial charge in [-0.15, -0.1) is 0 Å². The maximum Gasteiger partial charge on any atom is 0.259 e. The number of rotatable bonds is 11. The van der Waals surface area contributed by atoms with Crippen LogP contribution in [0.2, 0.25) is 0 Å². The Morgan fingerprint density at radius 2 is 1.57 bits per heavy atom. The molecule has 4 aromatic rings. The van der Waals surface area contributed by atoms with Crippen molar-refractivity contribution in [2.75, 3.05) is 83.9 Å². The normalized spacial score (nSPS) is 19.5. The van der Waals surface area contributed by atoms with Crippen LogP contribution in [-0.2, 0) is 29.7 Å². The number of nitrogens with one attached hydrogen (secondary N) is 1. The van der Waals surface area contributed by atoms with E-state index in [1.165, 1.54) is 6.42 Å². The van der Waals surface area contributed by atoms with Gasteiger partial charge in [0.25, 0.3) is 11.5 Å². The van der Waals surface area contributed by atoms with Crippen LogP contribution in [0.3, 0.4) is 0 Å². The molecule has 3 amide bonds. The minimum Gasteiger partial charge on any atom is -0.496 e. The van der Waals surface area contributed by atoms with Crippen LogP contribution in [0, 0.1) is 5.92 Å². The molecule has 0 spiro atoms. The molecule has 2 aromatic heterocycles. The van der Waals surface area contributed by atoms with Gasteiger partial charge in [0.2, 0.25) is 11.8 Å². The molecule has 14 nitrogen and oxygen atoms in total.